The van der Waals surface area contributed by atoms with Crippen molar-refractivity contribution >= 4 is 21.8 Å². The molecule has 1 heteroatoms. The quantitative estimate of drug-likeness (QED) is 0.414. The summed E-state index contributed by atoms with van der Waals surface area (Å²) in [5, 5.41) is 2.70. The van der Waals surface area contributed by atoms with Crippen molar-refractivity contribution in [2.45, 2.75) is 26.7 Å². The molecule has 0 amide bonds. The second-order valence-electron chi connectivity index (χ2n) is 6.57. The number of aromatic nitrogens is 1. The summed E-state index contributed by atoms with van der Waals surface area (Å²) in [6.07, 6.45) is 0. The first-order valence-electron chi connectivity index (χ1n) is 8.26. The number of benzene rings is 3. The van der Waals surface area contributed by atoms with E-state index in [4.69, 9.17) is 0 Å². The van der Waals surface area contributed by atoms with Crippen LogP contribution in [0.5, 0.6) is 0 Å². The van der Waals surface area contributed by atoms with Crippen LogP contribution in [0, 0.1) is 6.92 Å². The van der Waals surface area contributed by atoms with Crippen molar-refractivity contribution in [3.63, 3.8) is 0 Å². The van der Waals surface area contributed by atoms with Gasteiger partial charge in [-0.15, -0.1) is 0 Å². The highest BCUT2D eigenvalue weighted by Gasteiger charge is 2.14. The van der Waals surface area contributed by atoms with Gasteiger partial charge in [-0.25, -0.2) is 0 Å². The maximum absolute atomic E-state index is 2.39. The molecule has 0 bridgehead atoms. The van der Waals surface area contributed by atoms with Gasteiger partial charge in [0.1, 0.15) is 0 Å². The third-order valence-corrected chi connectivity index (χ3v) is 4.70. The molecule has 1 nitrogen and oxygen atoms in total. The summed E-state index contributed by atoms with van der Waals surface area (Å²) < 4.78 is 2.39. The van der Waals surface area contributed by atoms with Crippen LogP contribution in [0.25, 0.3) is 27.5 Å². The molecule has 0 aliphatic rings. The van der Waals surface area contributed by atoms with Crippen molar-refractivity contribution < 1.29 is 0 Å². The van der Waals surface area contributed by atoms with Crippen molar-refractivity contribution in [1.29, 1.82) is 0 Å². The molecule has 4 rings (SSSR count). The van der Waals surface area contributed by atoms with Gasteiger partial charge in [0.25, 0.3) is 0 Å². The molecule has 0 unspecified atom stereocenters. The molecule has 0 aliphatic carbocycles. The minimum Gasteiger partial charge on any atom is -0.309 e. The van der Waals surface area contributed by atoms with E-state index in [0.29, 0.717) is 5.92 Å². The molecule has 0 spiro atoms. The van der Waals surface area contributed by atoms with Crippen molar-refractivity contribution in [2.75, 3.05) is 0 Å². The van der Waals surface area contributed by atoms with E-state index in [1.54, 1.807) is 0 Å². The van der Waals surface area contributed by atoms with Crippen LogP contribution in [0.15, 0.2) is 66.7 Å². The van der Waals surface area contributed by atoms with E-state index in [1.807, 2.05) is 0 Å². The molecule has 3 aromatic carbocycles. The lowest BCUT2D eigenvalue weighted by atomic mass is 10.0. The lowest BCUT2D eigenvalue weighted by molar-refractivity contribution is 0.868. The Bertz CT molecular complexity index is 991. The van der Waals surface area contributed by atoms with Crippen LogP contribution < -0.4 is 0 Å². The van der Waals surface area contributed by atoms with Crippen LogP contribution in [0.4, 0.5) is 0 Å². The van der Waals surface area contributed by atoms with Crippen LogP contribution in [0.2, 0.25) is 0 Å². The zero-order chi connectivity index (χ0) is 16.0. The Hall–Kier alpha value is -2.54. The van der Waals surface area contributed by atoms with E-state index in [9.17, 15) is 0 Å². The third kappa shape index (κ3) is 2.16. The fourth-order valence-electron chi connectivity index (χ4n) is 3.48. The Kier molecular flexibility index (Phi) is 3.23. The highest BCUT2D eigenvalue weighted by atomic mass is 15.0. The molecule has 0 N–H and O–H groups in total. The first kappa shape index (κ1) is 14.1. The lowest BCUT2D eigenvalue weighted by Crippen LogP contribution is -1.94. The van der Waals surface area contributed by atoms with Gasteiger partial charge in [-0.2, -0.15) is 0 Å². The predicted molar refractivity (Wildman–Crippen MR) is 99.6 cm³/mol. The molecular formula is C22H21N. The van der Waals surface area contributed by atoms with Gasteiger partial charge in [-0.05, 0) is 48.2 Å². The Morgan fingerprint density at radius 1 is 0.783 bits per heavy atom. The van der Waals surface area contributed by atoms with Crippen LogP contribution in [-0.4, -0.2) is 4.57 Å². The zero-order valence-corrected chi connectivity index (χ0v) is 13.9. The molecule has 0 saturated carbocycles. The molecule has 0 radical (unpaired) electrons. The summed E-state index contributed by atoms with van der Waals surface area (Å²) in [5.74, 6) is 0.530. The number of nitrogens with zero attached hydrogens (tertiary/aromatic N) is 1. The molecular weight excluding hydrogens is 278 g/mol. The largest absolute Gasteiger partial charge is 0.309 e. The molecule has 0 saturated heterocycles. The predicted octanol–water partition coefficient (Wildman–Crippen LogP) is 6.22. The molecule has 1 aromatic heterocycles. The van der Waals surface area contributed by atoms with E-state index in [-0.39, 0.29) is 0 Å². The topological polar surface area (TPSA) is 4.93 Å². The Morgan fingerprint density at radius 2 is 1.57 bits per heavy atom. The van der Waals surface area contributed by atoms with E-state index < -0.39 is 0 Å². The van der Waals surface area contributed by atoms with Crippen LogP contribution in [0.1, 0.15) is 30.9 Å². The van der Waals surface area contributed by atoms with Gasteiger partial charge >= 0.3 is 0 Å². The SMILES string of the molecule is Cc1cccc2c1c1ccc(C(C)C)cc1n2-c1ccccc1. The molecule has 0 atom stereocenters. The van der Waals surface area contributed by atoms with Gasteiger partial charge in [0.2, 0.25) is 0 Å². The maximum atomic E-state index is 2.39. The molecule has 0 aliphatic heterocycles. The summed E-state index contributed by atoms with van der Waals surface area (Å²) in [6.45, 7) is 6.71. The normalized spacial score (nSPS) is 11.7. The van der Waals surface area contributed by atoms with Crippen molar-refractivity contribution in [2.24, 2.45) is 0 Å². The number of rotatable bonds is 2. The second-order valence-corrected chi connectivity index (χ2v) is 6.57. The monoisotopic (exact) mass is 299 g/mol. The maximum Gasteiger partial charge on any atom is 0.0544 e. The highest BCUT2D eigenvalue weighted by Crippen LogP contribution is 2.35. The first-order valence-corrected chi connectivity index (χ1v) is 8.26. The van der Waals surface area contributed by atoms with Crippen LogP contribution in [0.3, 0.4) is 0 Å². The minimum absolute atomic E-state index is 0.530. The van der Waals surface area contributed by atoms with E-state index in [1.165, 1.54) is 38.6 Å². The van der Waals surface area contributed by atoms with Gasteiger partial charge in [0, 0.05) is 16.5 Å². The number of hydrogen-bond donors (Lipinski definition) is 0. The molecule has 4 aromatic rings. The highest BCUT2D eigenvalue weighted by molar-refractivity contribution is 6.11. The summed E-state index contributed by atoms with van der Waals surface area (Å²) in [6, 6.07) is 24.1. The van der Waals surface area contributed by atoms with Gasteiger partial charge in [-0.3, -0.25) is 0 Å². The standard InChI is InChI=1S/C22H21N/c1-15(2)17-12-13-19-21(14-17)23(18-9-5-4-6-10-18)20-11-7-8-16(3)22(19)20/h4-15H,1-3H3. The molecule has 114 valence electrons. The van der Waals surface area contributed by atoms with E-state index in [0.717, 1.165) is 0 Å². The summed E-state index contributed by atoms with van der Waals surface area (Å²) in [7, 11) is 0. The average Bonchev–Trinajstić information content (AvgIpc) is 2.90. The number of para-hydroxylation sites is 1. The summed E-state index contributed by atoms with van der Waals surface area (Å²) in [5.41, 5.74) is 6.52. The number of fused-ring (bicyclic) bond motifs is 3. The number of aryl methyl sites for hydroxylation is 1. The Labute approximate surface area is 137 Å². The van der Waals surface area contributed by atoms with Gasteiger partial charge in [0.15, 0.2) is 0 Å². The Balaban J connectivity index is 2.20. The Morgan fingerprint density at radius 3 is 2.30 bits per heavy atom. The molecule has 1 heterocycles. The van der Waals surface area contributed by atoms with E-state index in [2.05, 4.69) is 92.1 Å². The van der Waals surface area contributed by atoms with Crippen molar-refractivity contribution in [3.8, 4) is 5.69 Å². The van der Waals surface area contributed by atoms with Crippen LogP contribution >= 0.6 is 0 Å². The fraction of sp³-hybridized carbons (Fsp3) is 0.182. The summed E-state index contributed by atoms with van der Waals surface area (Å²) >= 11 is 0. The smallest absolute Gasteiger partial charge is 0.0544 e. The van der Waals surface area contributed by atoms with Gasteiger partial charge in [-0.1, -0.05) is 56.3 Å². The first-order chi connectivity index (χ1) is 11.2. The fourth-order valence-corrected chi connectivity index (χ4v) is 3.48. The number of hydrogen-bond acceptors (Lipinski definition) is 0. The minimum atomic E-state index is 0.530. The van der Waals surface area contributed by atoms with Crippen molar-refractivity contribution in [3.05, 3.63) is 77.9 Å². The second kappa shape index (κ2) is 5.27. The van der Waals surface area contributed by atoms with Crippen molar-refractivity contribution in [1.82, 2.24) is 4.57 Å². The molecule has 23 heavy (non-hydrogen) atoms. The average molecular weight is 299 g/mol. The molecule has 0 fully saturated rings. The van der Waals surface area contributed by atoms with E-state index >= 15 is 0 Å². The van der Waals surface area contributed by atoms with Gasteiger partial charge < -0.3 is 4.57 Å². The van der Waals surface area contributed by atoms with Gasteiger partial charge in [0.05, 0.1) is 11.0 Å². The lowest BCUT2D eigenvalue weighted by Gasteiger charge is -2.10. The van der Waals surface area contributed by atoms with Crippen LogP contribution in [-0.2, 0) is 0 Å². The summed E-state index contributed by atoms with van der Waals surface area (Å²) in [4.78, 5) is 0. The third-order valence-electron chi connectivity index (χ3n) is 4.70. The zero-order valence-electron chi connectivity index (χ0n) is 13.9.